The summed E-state index contributed by atoms with van der Waals surface area (Å²) in [6.07, 6.45) is 0. The van der Waals surface area contributed by atoms with Crippen molar-refractivity contribution in [2.75, 3.05) is 0 Å². The van der Waals surface area contributed by atoms with Crippen molar-refractivity contribution in [3.05, 3.63) is 146 Å². The van der Waals surface area contributed by atoms with Gasteiger partial charge in [-0.1, -0.05) is 109 Å². The maximum atomic E-state index is 6.49. The van der Waals surface area contributed by atoms with Crippen LogP contribution in [0.5, 0.6) is 0 Å². The monoisotopic (exact) mass is 576 g/mol. The van der Waals surface area contributed by atoms with E-state index in [4.69, 9.17) is 4.42 Å². The van der Waals surface area contributed by atoms with E-state index in [1.54, 1.807) is 0 Å². The topological polar surface area (TPSA) is 13.1 Å². The minimum Gasteiger partial charge on any atom is -0.456 e. The molecule has 0 fully saturated rings. The van der Waals surface area contributed by atoms with Gasteiger partial charge in [-0.3, -0.25) is 0 Å². The number of fused-ring (bicyclic) bond motifs is 11. The maximum Gasteiger partial charge on any atom is 0.136 e. The molecular formula is C42H24OS. The Morgan fingerprint density at radius 1 is 0.386 bits per heavy atom. The number of hydrogen-bond donors (Lipinski definition) is 0. The Bertz CT molecular complexity index is 2710. The van der Waals surface area contributed by atoms with Crippen LogP contribution in [-0.4, -0.2) is 0 Å². The third-order valence-corrected chi connectivity index (χ3v) is 10.5. The molecule has 0 atom stereocenters. The van der Waals surface area contributed by atoms with Crippen LogP contribution in [0.2, 0.25) is 0 Å². The lowest BCUT2D eigenvalue weighted by atomic mass is 9.91. The van der Waals surface area contributed by atoms with Crippen molar-refractivity contribution in [2.24, 2.45) is 0 Å². The van der Waals surface area contributed by atoms with Gasteiger partial charge in [-0.25, -0.2) is 0 Å². The molecule has 0 spiro atoms. The van der Waals surface area contributed by atoms with Gasteiger partial charge in [0.15, 0.2) is 0 Å². The Labute approximate surface area is 257 Å². The van der Waals surface area contributed by atoms with Crippen molar-refractivity contribution in [1.29, 1.82) is 0 Å². The number of furan rings is 1. The fraction of sp³-hybridized carbons (Fsp3) is 0. The van der Waals surface area contributed by atoms with Crippen LogP contribution in [0, 0.1) is 0 Å². The van der Waals surface area contributed by atoms with Crippen LogP contribution in [-0.2, 0) is 0 Å². The first-order valence-corrected chi connectivity index (χ1v) is 15.8. The molecule has 0 aliphatic carbocycles. The zero-order valence-electron chi connectivity index (χ0n) is 23.7. The quantitative estimate of drug-likeness (QED) is 0.187. The summed E-state index contributed by atoms with van der Waals surface area (Å²) in [7, 11) is 0. The average Bonchev–Trinajstić information content (AvgIpc) is 3.65. The first-order chi connectivity index (χ1) is 21.8. The van der Waals surface area contributed by atoms with Crippen LogP contribution in [0.3, 0.4) is 0 Å². The second-order valence-corrected chi connectivity index (χ2v) is 12.7. The first kappa shape index (κ1) is 24.0. The van der Waals surface area contributed by atoms with Gasteiger partial charge >= 0.3 is 0 Å². The molecule has 2 heteroatoms. The summed E-state index contributed by atoms with van der Waals surface area (Å²) < 4.78 is 9.16. The molecule has 204 valence electrons. The predicted octanol–water partition coefficient (Wildman–Crippen LogP) is 12.7. The highest BCUT2D eigenvalue weighted by atomic mass is 32.1. The fourth-order valence-corrected chi connectivity index (χ4v) is 8.43. The minimum atomic E-state index is 0.922. The number of hydrogen-bond acceptors (Lipinski definition) is 2. The van der Waals surface area contributed by atoms with Gasteiger partial charge < -0.3 is 4.42 Å². The standard InChI is InChI=1S/C42H24OS/c1-3-9-30-28(7-1)23-29-8-2-4-10-31(29)40(30)26-15-13-25(14-16-26)27-17-18-36-38(24-27)43-37-22-21-35-33(41(36)37)19-20-34-32-11-5-6-12-39(32)44-42(34)35/h1-24H. The molecule has 0 radical (unpaired) electrons. The molecule has 0 saturated carbocycles. The zero-order chi connectivity index (χ0) is 28.8. The van der Waals surface area contributed by atoms with E-state index in [9.17, 15) is 0 Å². The summed E-state index contributed by atoms with van der Waals surface area (Å²) in [4.78, 5) is 0. The first-order valence-electron chi connectivity index (χ1n) is 15.0. The number of thiophene rings is 1. The average molecular weight is 577 g/mol. The molecule has 2 heterocycles. The van der Waals surface area contributed by atoms with Crippen LogP contribution in [0.1, 0.15) is 0 Å². The summed E-state index contributed by atoms with van der Waals surface area (Å²) in [5.41, 5.74) is 6.71. The molecule has 2 aromatic heterocycles. The Balaban J connectivity index is 1.11. The molecule has 44 heavy (non-hydrogen) atoms. The molecule has 0 saturated heterocycles. The van der Waals surface area contributed by atoms with Crippen LogP contribution in [0.15, 0.2) is 150 Å². The van der Waals surface area contributed by atoms with Gasteiger partial charge in [-0.15, -0.1) is 11.3 Å². The van der Waals surface area contributed by atoms with E-state index >= 15 is 0 Å². The van der Waals surface area contributed by atoms with Crippen LogP contribution in [0.4, 0.5) is 0 Å². The minimum absolute atomic E-state index is 0.922. The molecule has 8 aromatic carbocycles. The van der Waals surface area contributed by atoms with Crippen molar-refractivity contribution in [3.8, 4) is 22.3 Å². The van der Waals surface area contributed by atoms with Gasteiger partial charge in [-0.2, -0.15) is 0 Å². The Morgan fingerprint density at radius 2 is 0.977 bits per heavy atom. The van der Waals surface area contributed by atoms with Gasteiger partial charge in [-0.05, 0) is 85.6 Å². The largest absolute Gasteiger partial charge is 0.456 e. The lowest BCUT2D eigenvalue weighted by Crippen LogP contribution is -1.86. The Kier molecular flexibility index (Phi) is 4.94. The van der Waals surface area contributed by atoms with E-state index < -0.39 is 0 Å². The normalized spacial score (nSPS) is 12.1. The van der Waals surface area contributed by atoms with E-state index in [1.807, 2.05) is 11.3 Å². The van der Waals surface area contributed by atoms with Gasteiger partial charge in [0, 0.05) is 36.3 Å². The molecule has 1 nitrogen and oxygen atoms in total. The molecule has 0 N–H and O–H groups in total. The highest BCUT2D eigenvalue weighted by molar-refractivity contribution is 7.26. The van der Waals surface area contributed by atoms with E-state index in [2.05, 4.69) is 146 Å². The summed E-state index contributed by atoms with van der Waals surface area (Å²) >= 11 is 1.88. The Morgan fingerprint density at radius 3 is 1.77 bits per heavy atom. The molecule has 0 bridgehead atoms. The van der Waals surface area contributed by atoms with Crippen LogP contribution < -0.4 is 0 Å². The van der Waals surface area contributed by atoms with Crippen LogP contribution in [0.25, 0.3) is 96.7 Å². The van der Waals surface area contributed by atoms with Crippen molar-refractivity contribution in [2.45, 2.75) is 0 Å². The fourth-order valence-electron chi connectivity index (χ4n) is 7.20. The second-order valence-electron chi connectivity index (χ2n) is 11.7. The van der Waals surface area contributed by atoms with E-state index in [0.717, 1.165) is 22.1 Å². The maximum absolute atomic E-state index is 6.49. The third kappa shape index (κ3) is 3.40. The summed E-state index contributed by atoms with van der Waals surface area (Å²) in [6, 6.07) is 52.9. The lowest BCUT2D eigenvalue weighted by molar-refractivity contribution is 0.669. The molecular weight excluding hydrogens is 553 g/mol. The highest BCUT2D eigenvalue weighted by Gasteiger charge is 2.16. The second kappa shape index (κ2) is 9.03. The van der Waals surface area contributed by atoms with Gasteiger partial charge in [0.1, 0.15) is 11.2 Å². The third-order valence-electron chi connectivity index (χ3n) is 9.25. The van der Waals surface area contributed by atoms with Crippen molar-refractivity contribution < 1.29 is 4.42 Å². The van der Waals surface area contributed by atoms with Gasteiger partial charge in [0.2, 0.25) is 0 Å². The molecule has 0 aliphatic rings. The molecule has 10 rings (SSSR count). The van der Waals surface area contributed by atoms with E-state index in [-0.39, 0.29) is 0 Å². The van der Waals surface area contributed by atoms with Crippen molar-refractivity contribution in [1.82, 2.24) is 0 Å². The van der Waals surface area contributed by atoms with E-state index in [0.29, 0.717) is 0 Å². The molecule has 0 aliphatic heterocycles. The summed E-state index contributed by atoms with van der Waals surface area (Å²) in [6.45, 7) is 0. The van der Waals surface area contributed by atoms with E-state index in [1.165, 1.54) is 74.6 Å². The zero-order valence-corrected chi connectivity index (χ0v) is 24.5. The van der Waals surface area contributed by atoms with Crippen LogP contribution >= 0.6 is 11.3 Å². The van der Waals surface area contributed by atoms with Crippen molar-refractivity contribution in [3.63, 3.8) is 0 Å². The molecule has 10 aromatic rings. The SMILES string of the molecule is c1ccc2c(-c3ccc(-c4ccc5c(c4)oc4ccc6c(ccc7c8ccccc8sc76)c45)cc3)c3ccccc3cc2c1. The molecule has 0 amide bonds. The smallest absolute Gasteiger partial charge is 0.136 e. The highest BCUT2D eigenvalue weighted by Crippen LogP contribution is 2.43. The lowest BCUT2D eigenvalue weighted by Gasteiger charge is -2.13. The number of benzene rings is 8. The van der Waals surface area contributed by atoms with Crippen molar-refractivity contribution >= 4 is 85.8 Å². The Hall–Kier alpha value is -5.44. The number of rotatable bonds is 2. The van der Waals surface area contributed by atoms with Gasteiger partial charge in [0.25, 0.3) is 0 Å². The summed E-state index contributed by atoms with van der Waals surface area (Å²) in [5.74, 6) is 0. The van der Waals surface area contributed by atoms with Gasteiger partial charge in [0.05, 0.1) is 0 Å². The predicted molar refractivity (Wildman–Crippen MR) is 190 cm³/mol. The molecule has 0 unspecified atom stereocenters. The summed E-state index contributed by atoms with van der Waals surface area (Å²) in [5, 5.41) is 12.6.